The Balaban J connectivity index is 1.74. The summed E-state index contributed by atoms with van der Waals surface area (Å²) in [6, 6.07) is 9.78. The third-order valence-corrected chi connectivity index (χ3v) is 6.75. The molecule has 3 amide bonds. The number of halogens is 4. The quantitative estimate of drug-likeness (QED) is 0.432. The maximum absolute atomic E-state index is 14.7. The molecule has 7 nitrogen and oxygen atoms in total. The molecule has 2 saturated heterocycles. The first-order chi connectivity index (χ1) is 18.3. The molecule has 0 aromatic heterocycles. The predicted octanol–water partition coefficient (Wildman–Crippen LogP) is 5.92. The van der Waals surface area contributed by atoms with Crippen LogP contribution in [0.4, 0.5) is 27.2 Å². The number of hydrogen-bond acceptors (Lipinski definition) is 5. The fraction of sp³-hybridized carbons (Fsp3) is 0.464. The van der Waals surface area contributed by atoms with Crippen molar-refractivity contribution in [1.29, 1.82) is 0 Å². The predicted molar refractivity (Wildman–Crippen MR) is 132 cm³/mol. The van der Waals surface area contributed by atoms with Crippen LogP contribution in [0.3, 0.4) is 0 Å². The molecule has 3 unspecified atom stereocenters. The summed E-state index contributed by atoms with van der Waals surface area (Å²) in [5.41, 5.74) is -1.56. The van der Waals surface area contributed by atoms with Crippen LogP contribution in [0, 0.1) is 5.82 Å². The van der Waals surface area contributed by atoms with Crippen molar-refractivity contribution in [3.05, 3.63) is 71.0 Å². The van der Waals surface area contributed by atoms with Crippen LogP contribution in [0.15, 0.2) is 48.5 Å². The van der Waals surface area contributed by atoms with E-state index in [-0.39, 0.29) is 25.1 Å². The zero-order valence-corrected chi connectivity index (χ0v) is 21.8. The van der Waals surface area contributed by atoms with Crippen LogP contribution >= 0.6 is 0 Å². The Kier molecular flexibility index (Phi) is 7.90. The Morgan fingerprint density at radius 1 is 1.10 bits per heavy atom. The lowest BCUT2D eigenvalue weighted by atomic mass is 9.87. The van der Waals surface area contributed by atoms with Crippen LogP contribution < -0.4 is 0 Å². The molecule has 11 heteroatoms. The van der Waals surface area contributed by atoms with Crippen LogP contribution in [-0.2, 0) is 26.9 Å². The van der Waals surface area contributed by atoms with Gasteiger partial charge in [-0.15, -0.1) is 0 Å². The summed E-state index contributed by atoms with van der Waals surface area (Å²) in [5.74, 6) is -3.66. The van der Waals surface area contributed by atoms with E-state index in [9.17, 15) is 31.9 Å². The molecule has 0 radical (unpaired) electrons. The number of rotatable bonds is 5. The minimum Gasteiger partial charge on any atom is -0.447 e. The van der Waals surface area contributed by atoms with Gasteiger partial charge in [0, 0.05) is 6.54 Å². The Labute approximate surface area is 223 Å². The number of cyclic esters (lactones) is 1. The minimum absolute atomic E-state index is 0.0754. The highest BCUT2D eigenvalue weighted by Gasteiger charge is 2.48. The van der Waals surface area contributed by atoms with Crippen molar-refractivity contribution in [1.82, 2.24) is 9.80 Å². The molecule has 2 heterocycles. The molecule has 2 aliphatic rings. The zero-order valence-electron chi connectivity index (χ0n) is 21.8. The molecule has 0 saturated carbocycles. The molecule has 0 aliphatic carbocycles. The molecule has 3 atom stereocenters. The van der Waals surface area contributed by atoms with Crippen LogP contribution in [0.1, 0.15) is 56.2 Å². The maximum Gasteiger partial charge on any atom is 0.419 e. The highest BCUT2D eigenvalue weighted by atomic mass is 19.4. The van der Waals surface area contributed by atoms with E-state index in [1.165, 1.54) is 4.90 Å². The third-order valence-electron chi connectivity index (χ3n) is 6.75. The molecule has 210 valence electrons. The monoisotopic (exact) mass is 550 g/mol. The first-order valence-corrected chi connectivity index (χ1v) is 12.7. The molecular weight excluding hydrogens is 520 g/mol. The van der Waals surface area contributed by atoms with E-state index in [4.69, 9.17) is 9.47 Å². The molecule has 2 fully saturated rings. The largest absolute Gasteiger partial charge is 0.447 e. The van der Waals surface area contributed by atoms with Gasteiger partial charge in [0.25, 0.3) is 0 Å². The van der Waals surface area contributed by atoms with E-state index >= 15 is 0 Å². The first-order valence-electron chi connectivity index (χ1n) is 12.7. The summed E-state index contributed by atoms with van der Waals surface area (Å²) in [6.07, 6.45) is -5.48. The van der Waals surface area contributed by atoms with Gasteiger partial charge < -0.3 is 14.4 Å². The summed E-state index contributed by atoms with van der Waals surface area (Å²) in [5, 5.41) is 0. The standard InChI is InChI=1S/C28H30F4N2O5/c1-27(2,3)39-25(36)33-13-7-10-22(33)23(18-11-12-20(21(29)15-18)28(30,31)32)24(35)34-19(16-38-26(34)37)14-17-8-5-4-6-9-17/h4-6,8-9,11-12,15,19,22-23H,7,10,13-14,16H2,1-3H3. The normalized spacial score (nSPS) is 20.6. The van der Waals surface area contributed by atoms with Gasteiger partial charge in [-0.2, -0.15) is 13.2 Å². The number of carbonyl (C=O) groups is 3. The van der Waals surface area contributed by atoms with E-state index in [2.05, 4.69) is 0 Å². The van der Waals surface area contributed by atoms with Crippen molar-refractivity contribution in [2.45, 2.75) is 69.8 Å². The summed E-state index contributed by atoms with van der Waals surface area (Å²) < 4.78 is 65.2. The highest BCUT2D eigenvalue weighted by Crippen LogP contribution is 2.38. The molecule has 39 heavy (non-hydrogen) atoms. The van der Waals surface area contributed by atoms with Crippen molar-refractivity contribution in [2.24, 2.45) is 0 Å². The number of ether oxygens (including phenoxy) is 2. The number of hydrogen-bond donors (Lipinski definition) is 0. The summed E-state index contributed by atoms with van der Waals surface area (Å²) in [6.45, 7) is 5.19. The van der Waals surface area contributed by atoms with E-state index in [1.807, 2.05) is 30.3 Å². The number of alkyl halides is 3. The maximum atomic E-state index is 14.7. The topological polar surface area (TPSA) is 76.2 Å². The van der Waals surface area contributed by atoms with Crippen molar-refractivity contribution in [3.8, 4) is 0 Å². The molecular formula is C28H30F4N2O5. The average molecular weight is 551 g/mol. The van der Waals surface area contributed by atoms with Crippen LogP contribution in [0.5, 0.6) is 0 Å². The molecule has 0 bridgehead atoms. The van der Waals surface area contributed by atoms with Crippen molar-refractivity contribution in [3.63, 3.8) is 0 Å². The molecule has 2 aromatic rings. The lowest BCUT2D eigenvalue weighted by Crippen LogP contribution is -2.50. The minimum atomic E-state index is -4.93. The van der Waals surface area contributed by atoms with Gasteiger partial charge in [0.2, 0.25) is 5.91 Å². The van der Waals surface area contributed by atoms with E-state index in [0.29, 0.717) is 25.0 Å². The van der Waals surface area contributed by atoms with Gasteiger partial charge >= 0.3 is 18.4 Å². The summed E-state index contributed by atoms with van der Waals surface area (Å²) >= 11 is 0. The third kappa shape index (κ3) is 6.34. The molecule has 2 aliphatic heterocycles. The highest BCUT2D eigenvalue weighted by molar-refractivity contribution is 5.98. The van der Waals surface area contributed by atoms with Gasteiger partial charge in [0.1, 0.15) is 18.0 Å². The molecule has 4 rings (SSSR count). The smallest absolute Gasteiger partial charge is 0.419 e. The number of nitrogens with zero attached hydrogens (tertiary/aromatic N) is 2. The van der Waals surface area contributed by atoms with Gasteiger partial charge in [0.05, 0.1) is 23.6 Å². The Morgan fingerprint density at radius 2 is 1.79 bits per heavy atom. The zero-order chi connectivity index (χ0) is 28.5. The van der Waals surface area contributed by atoms with Gasteiger partial charge in [-0.25, -0.2) is 18.9 Å². The van der Waals surface area contributed by atoms with Crippen molar-refractivity contribution in [2.75, 3.05) is 13.2 Å². The van der Waals surface area contributed by atoms with E-state index in [1.54, 1.807) is 20.8 Å². The average Bonchev–Trinajstić information content (AvgIpc) is 3.45. The van der Waals surface area contributed by atoms with Gasteiger partial charge in [-0.05, 0) is 63.3 Å². The molecule has 2 aromatic carbocycles. The number of carbonyl (C=O) groups excluding carboxylic acids is 3. The fourth-order valence-corrected chi connectivity index (χ4v) is 5.09. The Bertz CT molecular complexity index is 1230. The molecule has 0 spiro atoms. The number of imide groups is 1. The first kappa shape index (κ1) is 28.4. The van der Waals surface area contributed by atoms with E-state index in [0.717, 1.165) is 16.5 Å². The van der Waals surface area contributed by atoms with Crippen LogP contribution in [-0.4, -0.2) is 58.7 Å². The molecule has 0 N–H and O–H groups in total. The van der Waals surface area contributed by atoms with Crippen molar-refractivity contribution < 1.29 is 41.4 Å². The van der Waals surface area contributed by atoms with Crippen LogP contribution in [0.25, 0.3) is 0 Å². The van der Waals surface area contributed by atoms with E-state index < -0.39 is 59.3 Å². The number of benzene rings is 2. The second-order valence-electron chi connectivity index (χ2n) is 10.7. The lowest BCUT2D eigenvalue weighted by molar-refractivity contribution is -0.140. The van der Waals surface area contributed by atoms with Crippen molar-refractivity contribution >= 4 is 18.1 Å². The van der Waals surface area contributed by atoms with Gasteiger partial charge in [-0.3, -0.25) is 4.79 Å². The fourth-order valence-electron chi connectivity index (χ4n) is 5.09. The SMILES string of the molecule is CC(C)(C)OC(=O)N1CCCC1C(C(=O)N1C(=O)OCC1Cc1ccccc1)c1ccc(C(F)(F)F)c(F)c1. The second kappa shape index (κ2) is 10.9. The number of likely N-dealkylation sites (tertiary alicyclic amines) is 1. The second-order valence-corrected chi connectivity index (χ2v) is 10.7. The van der Waals surface area contributed by atoms with Gasteiger partial charge in [-0.1, -0.05) is 36.4 Å². The Morgan fingerprint density at radius 3 is 2.41 bits per heavy atom. The van der Waals surface area contributed by atoms with Crippen LogP contribution in [0.2, 0.25) is 0 Å². The number of amides is 3. The lowest BCUT2D eigenvalue weighted by Gasteiger charge is -2.34. The summed E-state index contributed by atoms with van der Waals surface area (Å²) in [7, 11) is 0. The van der Waals surface area contributed by atoms with Gasteiger partial charge in [0.15, 0.2) is 0 Å². The Hall–Kier alpha value is -3.63. The summed E-state index contributed by atoms with van der Waals surface area (Å²) in [4.78, 5) is 42.2.